The molecule has 0 aromatic heterocycles. The van der Waals surface area contributed by atoms with Gasteiger partial charge in [-0.1, -0.05) is 192 Å². The highest BCUT2D eigenvalue weighted by Gasteiger charge is 2.23. The van der Waals surface area contributed by atoms with Crippen LogP contribution in [0.1, 0.15) is 247 Å². The first kappa shape index (κ1) is 47.9. The van der Waals surface area contributed by atoms with Crippen molar-refractivity contribution < 1.29 is 0 Å². The second-order valence-electron chi connectivity index (χ2n) is 16.4. The predicted molar refractivity (Wildman–Crippen MR) is 227 cm³/mol. The zero-order valence-electron chi connectivity index (χ0n) is 34.5. The molecule has 0 aliphatic rings. The summed E-state index contributed by atoms with van der Waals surface area (Å²) in [5.74, 6) is 0. The van der Waals surface area contributed by atoms with E-state index in [0.29, 0.717) is 5.41 Å². The fourth-order valence-corrected chi connectivity index (χ4v) is 7.07. The van der Waals surface area contributed by atoms with Gasteiger partial charge in [-0.25, -0.2) is 0 Å². The molecule has 0 heterocycles. The zero-order valence-corrected chi connectivity index (χ0v) is 34.5. The van der Waals surface area contributed by atoms with Gasteiger partial charge in [0.25, 0.3) is 0 Å². The van der Waals surface area contributed by atoms with Crippen LogP contribution in [0.15, 0.2) is 48.6 Å². The van der Waals surface area contributed by atoms with E-state index in [-0.39, 0.29) is 5.54 Å². The van der Waals surface area contributed by atoms with Gasteiger partial charge in [0.1, 0.15) is 0 Å². The van der Waals surface area contributed by atoms with Crippen LogP contribution in [0.2, 0.25) is 0 Å². The first-order valence-corrected chi connectivity index (χ1v) is 22.3. The lowest BCUT2D eigenvalue weighted by molar-refractivity contribution is 0.221. The van der Waals surface area contributed by atoms with Crippen LogP contribution >= 0.6 is 0 Å². The molecule has 0 aromatic carbocycles. The maximum Gasteiger partial charge on any atom is 0.0123 e. The lowest BCUT2D eigenvalue weighted by Gasteiger charge is -2.30. The largest absolute Gasteiger partial charge is 0.325 e. The van der Waals surface area contributed by atoms with Crippen molar-refractivity contribution in [3.05, 3.63) is 48.6 Å². The highest BCUT2D eigenvalue weighted by atomic mass is 14.7. The van der Waals surface area contributed by atoms with Gasteiger partial charge < -0.3 is 5.73 Å². The normalized spacial score (nSPS) is 15.0. The Hall–Kier alpha value is -1.08. The Balaban J connectivity index is 4.16. The van der Waals surface area contributed by atoms with Gasteiger partial charge in [-0.05, 0) is 109 Å². The minimum Gasteiger partial charge on any atom is -0.325 e. The van der Waals surface area contributed by atoms with E-state index >= 15 is 0 Å². The third-order valence-electron chi connectivity index (χ3n) is 11.0. The van der Waals surface area contributed by atoms with Crippen LogP contribution in [0.25, 0.3) is 0 Å². The summed E-state index contributed by atoms with van der Waals surface area (Å²) in [7, 11) is 0. The van der Waals surface area contributed by atoms with Crippen LogP contribution in [0.3, 0.4) is 0 Å². The Morgan fingerprint density at radius 2 is 0.633 bits per heavy atom. The molecule has 0 fully saturated rings. The summed E-state index contributed by atoms with van der Waals surface area (Å²) in [6.45, 7) is 11.7. The number of allylic oxidation sites excluding steroid dienone is 8. The van der Waals surface area contributed by atoms with Crippen LogP contribution in [-0.2, 0) is 0 Å². The first-order valence-electron chi connectivity index (χ1n) is 22.3. The van der Waals surface area contributed by atoms with Crippen LogP contribution in [0, 0.1) is 5.41 Å². The fraction of sp³-hybridized carbons (Fsp3) is 0.833. The molecule has 0 rings (SSSR count). The van der Waals surface area contributed by atoms with E-state index in [0.717, 1.165) is 19.3 Å². The molecule has 0 saturated heterocycles. The quantitative estimate of drug-likeness (QED) is 0.0509. The van der Waals surface area contributed by atoms with Gasteiger partial charge in [-0.3, -0.25) is 0 Å². The van der Waals surface area contributed by atoms with E-state index < -0.39 is 0 Å². The topological polar surface area (TPSA) is 26.0 Å². The summed E-state index contributed by atoms with van der Waals surface area (Å²) in [4.78, 5) is 0. The molecule has 0 bridgehead atoms. The molecule has 2 atom stereocenters. The van der Waals surface area contributed by atoms with Crippen molar-refractivity contribution in [2.75, 3.05) is 0 Å². The van der Waals surface area contributed by atoms with Crippen molar-refractivity contribution in [1.82, 2.24) is 0 Å². The maximum absolute atomic E-state index is 6.42. The van der Waals surface area contributed by atoms with Gasteiger partial charge in [0.2, 0.25) is 0 Å². The number of unbranched alkanes of at least 4 members (excludes halogenated alkanes) is 21. The summed E-state index contributed by atoms with van der Waals surface area (Å²) in [5.41, 5.74) is 7.00. The lowest BCUT2D eigenvalue weighted by atomic mass is 9.75. The van der Waals surface area contributed by atoms with E-state index in [1.165, 1.54) is 193 Å². The minimum absolute atomic E-state index is 0.0331. The third-order valence-corrected chi connectivity index (χ3v) is 11.0. The Kier molecular flexibility index (Phi) is 35.9. The van der Waals surface area contributed by atoms with Crippen molar-refractivity contribution in [3.8, 4) is 0 Å². The summed E-state index contributed by atoms with van der Waals surface area (Å²) in [6.07, 6.45) is 63.3. The number of hydrogen-bond acceptors (Lipinski definition) is 1. The average Bonchev–Trinajstić information content (AvgIpc) is 3.09. The van der Waals surface area contributed by atoms with E-state index in [9.17, 15) is 0 Å². The molecular formula is C48H91N. The summed E-state index contributed by atoms with van der Waals surface area (Å²) in [6, 6.07) is 0. The summed E-state index contributed by atoms with van der Waals surface area (Å²) >= 11 is 0. The standard InChI is InChI=1S/C48H91N/c1-6-9-11-13-15-17-19-21-23-25-27-29-31-33-35-37-40-44-47(4,45-41-38-42-46-48(5,49)8-3)43-39-36-34-32-30-28-26-24-22-20-18-16-14-12-10-7-2/h16-19,22-25H,6-15,20-21,26-46,49H2,1-5H3. The Labute approximate surface area is 310 Å². The molecule has 0 radical (unpaired) electrons. The number of nitrogens with two attached hydrogens (primary N) is 1. The molecule has 49 heavy (non-hydrogen) atoms. The van der Waals surface area contributed by atoms with E-state index in [1.54, 1.807) is 0 Å². The van der Waals surface area contributed by atoms with Gasteiger partial charge >= 0.3 is 0 Å². The molecule has 0 amide bonds. The van der Waals surface area contributed by atoms with Crippen LogP contribution in [0.4, 0.5) is 0 Å². The molecule has 1 heteroatoms. The Morgan fingerprint density at radius 1 is 0.347 bits per heavy atom. The van der Waals surface area contributed by atoms with Gasteiger partial charge in [0.15, 0.2) is 0 Å². The molecule has 0 aromatic rings. The minimum atomic E-state index is 0.0331. The molecule has 2 N–H and O–H groups in total. The van der Waals surface area contributed by atoms with Gasteiger partial charge in [0.05, 0.1) is 0 Å². The predicted octanol–water partition coefficient (Wildman–Crippen LogP) is 16.9. The third kappa shape index (κ3) is 36.5. The fourth-order valence-electron chi connectivity index (χ4n) is 7.07. The van der Waals surface area contributed by atoms with Crippen LogP contribution in [-0.4, -0.2) is 5.54 Å². The zero-order chi connectivity index (χ0) is 36.0. The Morgan fingerprint density at radius 3 is 1.02 bits per heavy atom. The van der Waals surface area contributed by atoms with Gasteiger partial charge in [-0.2, -0.15) is 0 Å². The van der Waals surface area contributed by atoms with E-state index in [4.69, 9.17) is 5.73 Å². The van der Waals surface area contributed by atoms with Gasteiger partial charge in [0, 0.05) is 5.54 Å². The molecule has 0 spiro atoms. The summed E-state index contributed by atoms with van der Waals surface area (Å²) in [5, 5.41) is 0. The van der Waals surface area contributed by atoms with E-state index in [2.05, 4.69) is 83.2 Å². The molecule has 0 aliphatic heterocycles. The molecule has 0 aliphatic carbocycles. The maximum atomic E-state index is 6.42. The van der Waals surface area contributed by atoms with Crippen molar-refractivity contribution in [2.24, 2.45) is 11.1 Å². The average molecular weight is 682 g/mol. The molecular weight excluding hydrogens is 591 g/mol. The summed E-state index contributed by atoms with van der Waals surface area (Å²) < 4.78 is 0. The second-order valence-corrected chi connectivity index (χ2v) is 16.4. The first-order chi connectivity index (χ1) is 23.9. The highest BCUT2D eigenvalue weighted by Crippen LogP contribution is 2.37. The van der Waals surface area contributed by atoms with Crippen molar-refractivity contribution in [3.63, 3.8) is 0 Å². The number of rotatable bonds is 38. The van der Waals surface area contributed by atoms with Crippen molar-refractivity contribution in [1.29, 1.82) is 0 Å². The van der Waals surface area contributed by atoms with Crippen molar-refractivity contribution >= 4 is 0 Å². The molecule has 1 nitrogen and oxygen atoms in total. The van der Waals surface area contributed by atoms with Crippen LogP contribution in [0.5, 0.6) is 0 Å². The highest BCUT2D eigenvalue weighted by molar-refractivity contribution is 4.93. The van der Waals surface area contributed by atoms with Gasteiger partial charge in [-0.15, -0.1) is 0 Å². The number of hydrogen-bond donors (Lipinski definition) is 1. The van der Waals surface area contributed by atoms with Crippen LogP contribution < -0.4 is 5.73 Å². The van der Waals surface area contributed by atoms with E-state index in [1.807, 2.05) is 0 Å². The monoisotopic (exact) mass is 682 g/mol. The lowest BCUT2D eigenvalue weighted by Crippen LogP contribution is -2.34. The Bertz CT molecular complexity index is 770. The molecule has 0 saturated carbocycles. The SMILES string of the molecule is CCCCCC=CCC=CCCCCCCCCC(C)(CCCCCCCCC=CCC=CCCCCCC)CCCCCC(C)(N)CC. The molecule has 2 unspecified atom stereocenters. The van der Waals surface area contributed by atoms with Crippen molar-refractivity contribution in [2.45, 2.75) is 252 Å². The second kappa shape index (κ2) is 36.7. The smallest absolute Gasteiger partial charge is 0.0123 e. The molecule has 288 valence electrons.